The second-order valence-electron chi connectivity index (χ2n) is 5.28. The molecule has 1 amide bonds. The fourth-order valence-corrected chi connectivity index (χ4v) is 2.32. The van der Waals surface area contributed by atoms with E-state index >= 15 is 0 Å². The lowest BCUT2D eigenvalue weighted by Gasteiger charge is -2.10. The van der Waals surface area contributed by atoms with Crippen LogP contribution in [0.4, 0.5) is 5.69 Å². The molecule has 0 spiro atoms. The third-order valence-electron chi connectivity index (χ3n) is 3.24. The first-order chi connectivity index (χ1) is 9.95. The summed E-state index contributed by atoms with van der Waals surface area (Å²) in [5.74, 6) is -0.145. The SMILES string of the molecule is Cc1cccc(/C=C/C(=O)Nc2c(C)cc(C)nc2C)c1. The van der Waals surface area contributed by atoms with E-state index in [9.17, 15) is 4.79 Å². The van der Waals surface area contributed by atoms with Gasteiger partial charge in [-0.15, -0.1) is 0 Å². The van der Waals surface area contributed by atoms with Crippen molar-refractivity contribution in [2.45, 2.75) is 27.7 Å². The van der Waals surface area contributed by atoms with Crippen molar-refractivity contribution >= 4 is 17.7 Å². The molecule has 21 heavy (non-hydrogen) atoms. The van der Waals surface area contributed by atoms with Crippen LogP contribution in [-0.4, -0.2) is 10.9 Å². The van der Waals surface area contributed by atoms with E-state index in [1.165, 1.54) is 5.56 Å². The molecular formula is C18H20N2O. The van der Waals surface area contributed by atoms with Crippen molar-refractivity contribution in [2.75, 3.05) is 5.32 Å². The van der Waals surface area contributed by atoms with Gasteiger partial charge >= 0.3 is 0 Å². The lowest BCUT2D eigenvalue weighted by molar-refractivity contribution is -0.111. The van der Waals surface area contributed by atoms with E-state index in [0.29, 0.717) is 0 Å². The normalized spacial score (nSPS) is 10.9. The van der Waals surface area contributed by atoms with E-state index in [1.807, 2.05) is 64.1 Å². The molecule has 1 N–H and O–H groups in total. The summed E-state index contributed by atoms with van der Waals surface area (Å²) >= 11 is 0. The third-order valence-corrected chi connectivity index (χ3v) is 3.24. The van der Waals surface area contributed by atoms with Crippen molar-refractivity contribution in [3.63, 3.8) is 0 Å². The molecule has 108 valence electrons. The van der Waals surface area contributed by atoms with Crippen LogP contribution in [0.2, 0.25) is 0 Å². The summed E-state index contributed by atoms with van der Waals surface area (Å²) in [6.45, 7) is 7.85. The molecule has 0 aliphatic carbocycles. The van der Waals surface area contributed by atoms with Crippen molar-refractivity contribution < 1.29 is 4.79 Å². The fourth-order valence-electron chi connectivity index (χ4n) is 2.32. The highest BCUT2D eigenvalue weighted by Gasteiger charge is 2.07. The maximum atomic E-state index is 12.0. The largest absolute Gasteiger partial charge is 0.321 e. The number of nitrogens with zero attached hydrogens (tertiary/aromatic N) is 1. The zero-order chi connectivity index (χ0) is 15.4. The zero-order valence-electron chi connectivity index (χ0n) is 12.9. The van der Waals surface area contributed by atoms with E-state index in [2.05, 4.69) is 10.3 Å². The third kappa shape index (κ3) is 4.02. The van der Waals surface area contributed by atoms with E-state index in [4.69, 9.17) is 0 Å². The number of anilines is 1. The molecule has 0 saturated carbocycles. The number of amides is 1. The smallest absolute Gasteiger partial charge is 0.248 e. The van der Waals surface area contributed by atoms with Crippen molar-refractivity contribution in [3.8, 4) is 0 Å². The highest BCUT2D eigenvalue weighted by Crippen LogP contribution is 2.19. The van der Waals surface area contributed by atoms with Crippen LogP contribution < -0.4 is 5.32 Å². The number of nitrogens with one attached hydrogen (secondary N) is 1. The molecule has 0 bridgehead atoms. The van der Waals surface area contributed by atoms with E-state index < -0.39 is 0 Å². The molecule has 0 fully saturated rings. The molecule has 0 atom stereocenters. The van der Waals surface area contributed by atoms with Crippen molar-refractivity contribution in [1.82, 2.24) is 4.98 Å². The van der Waals surface area contributed by atoms with E-state index in [1.54, 1.807) is 6.08 Å². The van der Waals surface area contributed by atoms with Gasteiger partial charge in [-0.2, -0.15) is 0 Å². The van der Waals surface area contributed by atoms with E-state index in [0.717, 1.165) is 28.2 Å². The number of benzene rings is 1. The molecule has 0 radical (unpaired) electrons. The molecule has 0 aliphatic heterocycles. The molecule has 3 heteroatoms. The average Bonchev–Trinajstić information content (AvgIpc) is 2.40. The number of aryl methyl sites for hydroxylation is 4. The Morgan fingerprint density at radius 3 is 2.57 bits per heavy atom. The minimum Gasteiger partial charge on any atom is -0.321 e. The molecule has 2 rings (SSSR count). The van der Waals surface area contributed by atoms with Crippen molar-refractivity contribution in [1.29, 1.82) is 0 Å². The van der Waals surface area contributed by atoms with Crippen LogP contribution in [0.1, 0.15) is 28.1 Å². The minimum atomic E-state index is -0.145. The number of hydrogen-bond acceptors (Lipinski definition) is 2. The van der Waals surface area contributed by atoms with Gasteiger partial charge in [0.2, 0.25) is 5.91 Å². The van der Waals surface area contributed by atoms with Crippen molar-refractivity contribution in [2.24, 2.45) is 0 Å². The van der Waals surface area contributed by atoms with Crippen molar-refractivity contribution in [3.05, 3.63) is 64.5 Å². The number of rotatable bonds is 3. The maximum absolute atomic E-state index is 12.0. The average molecular weight is 280 g/mol. The first kappa shape index (κ1) is 15.0. The monoisotopic (exact) mass is 280 g/mol. The Balaban J connectivity index is 2.12. The summed E-state index contributed by atoms with van der Waals surface area (Å²) in [5, 5.41) is 2.90. The van der Waals surface area contributed by atoms with Gasteiger partial charge in [0.15, 0.2) is 0 Å². The van der Waals surface area contributed by atoms with Crippen LogP contribution in [0.5, 0.6) is 0 Å². The van der Waals surface area contributed by atoms with Gasteiger partial charge in [-0.3, -0.25) is 9.78 Å². The van der Waals surface area contributed by atoms with Gasteiger partial charge in [-0.1, -0.05) is 29.8 Å². The van der Waals surface area contributed by atoms with Crippen LogP contribution >= 0.6 is 0 Å². The molecular weight excluding hydrogens is 260 g/mol. The predicted molar refractivity (Wildman–Crippen MR) is 87.3 cm³/mol. The van der Waals surface area contributed by atoms with Crippen LogP contribution in [0, 0.1) is 27.7 Å². The highest BCUT2D eigenvalue weighted by atomic mass is 16.1. The number of carbonyl (C=O) groups is 1. The summed E-state index contributed by atoms with van der Waals surface area (Å²) in [7, 11) is 0. The molecule has 1 heterocycles. The second kappa shape index (κ2) is 6.35. The lowest BCUT2D eigenvalue weighted by Crippen LogP contribution is -2.11. The lowest BCUT2D eigenvalue weighted by atomic mass is 10.1. The summed E-state index contributed by atoms with van der Waals surface area (Å²) in [5.41, 5.74) is 5.80. The van der Waals surface area contributed by atoms with Crippen LogP contribution in [0.15, 0.2) is 36.4 Å². The number of hydrogen-bond donors (Lipinski definition) is 1. The molecule has 1 aromatic carbocycles. The summed E-state index contributed by atoms with van der Waals surface area (Å²) in [6, 6.07) is 9.98. The number of aromatic nitrogens is 1. The number of pyridine rings is 1. The number of carbonyl (C=O) groups excluding carboxylic acids is 1. The minimum absolute atomic E-state index is 0.145. The Morgan fingerprint density at radius 2 is 1.90 bits per heavy atom. The standard InChI is InChI=1S/C18H20N2O/c1-12-6-5-7-16(10-12)8-9-17(21)20-18-13(2)11-14(3)19-15(18)4/h5-11H,1-4H3,(H,20,21)/b9-8+. The maximum Gasteiger partial charge on any atom is 0.248 e. The van der Waals surface area contributed by atoms with Gasteiger partial charge in [0, 0.05) is 11.8 Å². The summed E-state index contributed by atoms with van der Waals surface area (Å²) in [4.78, 5) is 16.4. The molecule has 0 unspecified atom stereocenters. The second-order valence-corrected chi connectivity index (χ2v) is 5.28. The molecule has 0 aliphatic rings. The Bertz CT molecular complexity index is 679. The van der Waals surface area contributed by atoms with Gasteiger partial charge in [0.05, 0.1) is 11.4 Å². The Hall–Kier alpha value is -2.42. The van der Waals surface area contributed by atoms with E-state index in [-0.39, 0.29) is 5.91 Å². The van der Waals surface area contributed by atoms with Crippen LogP contribution in [0.25, 0.3) is 6.08 Å². The predicted octanol–water partition coefficient (Wildman–Crippen LogP) is 3.97. The Morgan fingerprint density at radius 1 is 1.14 bits per heavy atom. The first-order valence-electron chi connectivity index (χ1n) is 6.96. The quantitative estimate of drug-likeness (QED) is 0.864. The van der Waals surface area contributed by atoms with Gasteiger partial charge in [-0.25, -0.2) is 0 Å². The van der Waals surface area contributed by atoms with Gasteiger partial charge in [0.1, 0.15) is 0 Å². The summed E-state index contributed by atoms with van der Waals surface area (Å²) in [6.07, 6.45) is 3.36. The summed E-state index contributed by atoms with van der Waals surface area (Å²) < 4.78 is 0. The first-order valence-corrected chi connectivity index (χ1v) is 6.96. The van der Waals surface area contributed by atoms with Crippen LogP contribution in [-0.2, 0) is 4.79 Å². The molecule has 2 aromatic rings. The highest BCUT2D eigenvalue weighted by molar-refractivity contribution is 6.02. The topological polar surface area (TPSA) is 42.0 Å². The fraction of sp³-hybridized carbons (Fsp3) is 0.222. The Labute approximate surface area is 125 Å². The molecule has 1 aromatic heterocycles. The van der Waals surface area contributed by atoms with Gasteiger partial charge in [-0.05, 0) is 51.0 Å². The van der Waals surface area contributed by atoms with Gasteiger partial charge in [0.25, 0.3) is 0 Å². The zero-order valence-corrected chi connectivity index (χ0v) is 12.9. The van der Waals surface area contributed by atoms with Gasteiger partial charge < -0.3 is 5.32 Å². The molecule has 0 saturated heterocycles. The Kier molecular flexibility index (Phi) is 4.53. The van der Waals surface area contributed by atoms with Crippen LogP contribution in [0.3, 0.4) is 0 Å². The molecule has 3 nitrogen and oxygen atoms in total.